The van der Waals surface area contributed by atoms with E-state index in [4.69, 9.17) is 9.47 Å². The van der Waals surface area contributed by atoms with Crippen LogP contribution >= 0.6 is 0 Å². The Kier molecular flexibility index (Phi) is 5.73. The van der Waals surface area contributed by atoms with Gasteiger partial charge in [0.05, 0.1) is 7.11 Å². The van der Waals surface area contributed by atoms with Crippen molar-refractivity contribution < 1.29 is 18.7 Å². The molecule has 1 aliphatic heterocycles. The standard InChI is InChI=1S/C20H23FN2O3/c1-13-11-14(9-10-22-13)20(24)23-15-7-8-17(16(21)12-15)26-19-6-4-3-5-18(19)25-2/h3-8,12-14,22H,9-11H2,1-2H3,(H,23,24)/t13-,14-/m0/s1. The van der Waals surface area contributed by atoms with Crippen LogP contribution in [0.1, 0.15) is 19.8 Å². The Hall–Kier alpha value is -2.60. The smallest absolute Gasteiger partial charge is 0.227 e. The lowest BCUT2D eigenvalue weighted by atomic mass is 9.92. The molecule has 138 valence electrons. The van der Waals surface area contributed by atoms with Gasteiger partial charge in [-0.1, -0.05) is 12.1 Å². The van der Waals surface area contributed by atoms with Crippen LogP contribution in [0, 0.1) is 11.7 Å². The summed E-state index contributed by atoms with van der Waals surface area (Å²) in [5.41, 5.74) is 0.422. The number of carbonyl (C=O) groups excluding carboxylic acids is 1. The molecule has 2 aromatic rings. The number of piperidine rings is 1. The number of anilines is 1. The number of methoxy groups -OCH3 is 1. The molecule has 1 fully saturated rings. The van der Waals surface area contributed by atoms with Gasteiger partial charge in [0.1, 0.15) is 0 Å². The van der Waals surface area contributed by atoms with Crippen LogP contribution in [0.3, 0.4) is 0 Å². The van der Waals surface area contributed by atoms with E-state index in [1.165, 1.54) is 19.2 Å². The van der Waals surface area contributed by atoms with Crippen LogP contribution in [0.15, 0.2) is 42.5 Å². The van der Waals surface area contributed by atoms with Crippen molar-refractivity contribution >= 4 is 11.6 Å². The van der Waals surface area contributed by atoms with Crippen molar-refractivity contribution in [3.8, 4) is 17.2 Å². The number of nitrogens with one attached hydrogen (secondary N) is 2. The maximum Gasteiger partial charge on any atom is 0.227 e. The fraction of sp³-hybridized carbons (Fsp3) is 0.350. The maximum atomic E-state index is 14.4. The van der Waals surface area contributed by atoms with Gasteiger partial charge in [0.15, 0.2) is 23.1 Å². The summed E-state index contributed by atoms with van der Waals surface area (Å²) in [6.07, 6.45) is 1.57. The Morgan fingerprint density at radius 1 is 1.19 bits per heavy atom. The number of hydrogen-bond donors (Lipinski definition) is 2. The molecule has 0 radical (unpaired) electrons. The van der Waals surface area contributed by atoms with Crippen molar-refractivity contribution in [2.75, 3.05) is 19.0 Å². The highest BCUT2D eigenvalue weighted by molar-refractivity contribution is 5.92. The lowest BCUT2D eigenvalue weighted by molar-refractivity contribution is -0.120. The monoisotopic (exact) mass is 358 g/mol. The molecule has 26 heavy (non-hydrogen) atoms. The van der Waals surface area contributed by atoms with Gasteiger partial charge in [0.2, 0.25) is 5.91 Å². The van der Waals surface area contributed by atoms with Gasteiger partial charge in [-0.3, -0.25) is 4.79 Å². The van der Waals surface area contributed by atoms with Crippen LogP contribution in [0.4, 0.5) is 10.1 Å². The molecular weight excluding hydrogens is 335 g/mol. The van der Waals surface area contributed by atoms with E-state index in [0.29, 0.717) is 23.2 Å². The first-order chi connectivity index (χ1) is 12.6. The molecule has 0 bridgehead atoms. The molecule has 6 heteroatoms. The first kappa shape index (κ1) is 18.2. The zero-order valence-electron chi connectivity index (χ0n) is 14.9. The van der Waals surface area contributed by atoms with Crippen molar-refractivity contribution in [1.82, 2.24) is 5.32 Å². The summed E-state index contributed by atoms with van der Waals surface area (Å²) in [4.78, 5) is 12.4. The lowest BCUT2D eigenvalue weighted by Crippen LogP contribution is -2.40. The van der Waals surface area contributed by atoms with Gasteiger partial charge in [0, 0.05) is 23.7 Å². The van der Waals surface area contributed by atoms with E-state index in [2.05, 4.69) is 17.6 Å². The summed E-state index contributed by atoms with van der Waals surface area (Å²) < 4.78 is 25.2. The maximum absolute atomic E-state index is 14.4. The average molecular weight is 358 g/mol. The molecule has 1 amide bonds. The Bertz CT molecular complexity index is 781. The molecule has 0 spiro atoms. The number of ether oxygens (including phenoxy) is 2. The quantitative estimate of drug-likeness (QED) is 0.850. The summed E-state index contributed by atoms with van der Waals surface area (Å²) in [7, 11) is 1.53. The summed E-state index contributed by atoms with van der Waals surface area (Å²) in [5, 5.41) is 6.11. The van der Waals surface area contributed by atoms with Crippen LogP contribution in [0.2, 0.25) is 0 Å². The largest absolute Gasteiger partial charge is 0.493 e. The third kappa shape index (κ3) is 4.32. The first-order valence-corrected chi connectivity index (χ1v) is 8.71. The number of halogens is 1. The lowest BCUT2D eigenvalue weighted by Gasteiger charge is -2.27. The second-order valence-electron chi connectivity index (χ2n) is 6.46. The van der Waals surface area contributed by atoms with Gasteiger partial charge in [-0.05, 0) is 50.6 Å². The van der Waals surface area contributed by atoms with Gasteiger partial charge in [-0.15, -0.1) is 0 Å². The number of benzene rings is 2. The van der Waals surface area contributed by atoms with Crippen molar-refractivity contribution in [2.24, 2.45) is 5.92 Å². The molecule has 0 saturated carbocycles. The van der Waals surface area contributed by atoms with Gasteiger partial charge < -0.3 is 20.1 Å². The van der Waals surface area contributed by atoms with Crippen molar-refractivity contribution in [2.45, 2.75) is 25.8 Å². The number of carbonyl (C=O) groups is 1. The summed E-state index contributed by atoms with van der Waals surface area (Å²) in [6, 6.07) is 11.7. The first-order valence-electron chi connectivity index (χ1n) is 8.71. The Morgan fingerprint density at radius 3 is 2.65 bits per heavy atom. The number of amides is 1. The second kappa shape index (κ2) is 8.19. The molecule has 1 aliphatic rings. The number of rotatable bonds is 5. The SMILES string of the molecule is COc1ccccc1Oc1ccc(NC(=O)[C@H]2CCN[C@@H](C)C2)cc1F. The molecule has 2 N–H and O–H groups in total. The fourth-order valence-electron chi connectivity index (χ4n) is 3.10. The van der Waals surface area contributed by atoms with E-state index in [1.54, 1.807) is 24.3 Å². The molecule has 3 rings (SSSR count). The minimum atomic E-state index is -0.549. The van der Waals surface area contributed by atoms with E-state index < -0.39 is 5.82 Å². The van der Waals surface area contributed by atoms with Crippen LogP contribution in [-0.4, -0.2) is 25.6 Å². The molecule has 0 aromatic heterocycles. The highest BCUT2D eigenvalue weighted by Crippen LogP contribution is 2.33. The third-order valence-corrected chi connectivity index (χ3v) is 4.48. The number of hydrogen-bond acceptors (Lipinski definition) is 4. The molecule has 2 atom stereocenters. The van der Waals surface area contributed by atoms with Crippen LogP contribution in [0.5, 0.6) is 17.2 Å². The summed E-state index contributed by atoms with van der Waals surface area (Å²) >= 11 is 0. The molecular formula is C20H23FN2O3. The van der Waals surface area contributed by atoms with E-state index >= 15 is 0 Å². The molecule has 2 aromatic carbocycles. The molecule has 0 unspecified atom stereocenters. The predicted octanol–water partition coefficient (Wildman–Crippen LogP) is 3.95. The topological polar surface area (TPSA) is 59.6 Å². The molecule has 1 heterocycles. The van der Waals surface area contributed by atoms with Crippen LogP contribution in [-0.2, 0) is 4.79 Å². The molecule has 0 aliphatic carbocycles. The minimum absolute atomic E-state index is 0.0567. The van der Waals surface area contributed by atoms with E-state index in [-0.39, 0.29) is 17.6 Å². The predicted molar refractivity (Wildman–Crippen MR) is 98.3 cm³/mol. The van der Waals surface area contributed by atoms with Gasteiger partial charge in [-0.25, -0.2) is 4.39 Å². The highest BCUT2D eigenvalue weighted by atomic mass is 19.1. The Morgan fingerprint density at radius 2 is 1.96 bits per heavy atom. The van der Waals surface area contributed by atoms with Gasteiger partial charge in [-0.2, -0.15) is 0 Å². The van der Waals surface area contributed by atoms with Gasteiger partial charge in [0.25, 0.3) is 0 Å². The molecule has 5 nitrogen and oxygen atoms in total. The Labute approximate surface area is 152 Å². The number of para-hydroxylation sites is 2. The van der Waals surface area contributed by atoms with E-state index in [9.17, 15) is 9.18 Å². The van der Waals surface area contributed by atoms with Crippen molar-refractivity contribution in [1.29, 1.82) is 0 Å². The van der Waals surface area contributed by atoms with Crippen molar-refractivity contribution in [3.63, 3.8) is 0 Å². The zero-order valence-corrected chi connectivity index (χ0v) is 14.9. The summed E-state index contributed by atoms with van der Waals surface area (Å²) in [6.45, 7) is 2.88. The minimum Gasteiger partial charge on any atom is -0.493 e. The third-order valence-electron chi connectivity index (χ3n) is 4.48. The second-order valence-corrected chi connectivity index (χ2v) is 6.46. The Balaban J connectivity index is 1.68. The van der Waals surface area contributed by atoms with Gasteiger partial charge >= 0.3 is 0 Å². The van der Waals surface area contributed by atoms with Crippen LogP contribution in [0.25, 0.3) is 0 Å². The summed E-state index contributed by atoms with van der Waals surface area (Å²) in [5.74, 6) is 0.337. The van der Waals surface area contributed by atoms with Crippen LogP contribution < -0.4 is 20.1 Å². The fourth-order valence-corrected chi connectivity index (χ4v) is 3.10. The molecule has 1 saturated heterocycles. The van der Waals surface area contributed by atoms with E-state index in [0.717, 1.165) is 19.4 Å². The average Bonchev–Trinajstić information content (AvgIpc) is 2.64. The zero-order chi connectivity index (χ0) is 18.5. The normalized spacial score (nSPS) is 19.7. The van der Waals surface area contributed by atoms with E-state index in [1.807, 2.05) is 6.07 Å². The highest BCUT2D eigenvalue weighted by Gasteiger charge is 2.24. The van der Waals surface area contributed by atoms with Crippen molar-refractivity contribution in [3.05, 3.63) is 48.3 Å².